The smallest absolute Gasteiger partial charge is 0.00718 e. The largest absolute Gasteiger partial charge is 0.309 e. The molecule has 0 aliphatic carbocycles. The number of nitrogens with zero attached hydrogens (tertiary/aromatic N) is 1. The van der Waals surface area contributed by atoms with Crippen LogP contribution in [0.2, 0.25) is 0 Å². The van der Waals surface area contributed by atoms with Gasteiger partial charge in [-0.1, -0.05) is 12.1 Å². The van der Waals surface area contributed by atoms with Crippen molar-refractivity contribution in [2.75, 3.05) is 26.9 Å². The maximum absolute atomic E-state index is 2.27. The Hall–Kier alpha value is -0.470. The molecule has 0 fully saturated rings. The van der Waals surface area contributed by atoms with E-state index in [9.17, 15) is 0 Å². The van der Waals surface area contributed by atoms with Crippen LogP contribution in [-0.4, -0.2) is 31.8 Å². The Bertz CT molecular complexity index is 258. The summed E-state index contributed by atoms with van der Waals surface area (Å²) in [6.07, 6.45) is 3.26. The van der Waals surface area contributed by atoms with Gasteiger partial charge in [0, 0.05) is 11.4 Å². The van der Waals surface area contributed by atoms with Crippen LogP contribution in [0.5, 0.6) is 0 Å². The fourth-order valence-electron chi connectivity index (χ4n) is 1.18. The van der Waals surface area contributed by atoms with Crippen LogP contribution in [0.4, 0.5) is 0 Å². The van der Waals surface area contributed by atoms with E-state index < -0.39 is 0 Å². The molecule has 0 N–H and O–H groups in total. The molecule has 1 nitrogen and oxygen atoms in total. The van der Waals surface area contributed by atoms with E-state index in [1.54, 1.807) is 11.8 Å². The Morgan fingerprint density at radius 2 is 2.08 bits per heavy atom. The first-order valence-corrected chi connectivity index (χ1v) is 5.72. The van der Waals surface area contributed by atoms with Gasteiger partial charge in [-0.3, -0.25) is 0 Å². The third-order valence-corrected chi connectivity index (χ3v) is 2.71. The summed E-state index contributed by atoms with van der Waals surface area (Å²) in [5.74, 6) is 0. The van der Waals surface area contributed by atoms with E-state index in [1.165, 1.54) is 10.5 Å². The predicted octanol–water partition coefficient (Wildman–Crippen LogP) is 2.51. The van der Waals surface area contributed by atoms with Crippen LogP contribution in [0.15, 0.2) is 29.2 Å². The first-order chi connectivity index (χ1) is 6.22. The lowest BCUT2D eigenvalue weighted by atomic mass is 10.1. The minimum absolute atomic E-state index is 1.12. The van der Waals surface area contributed by atoms with Gasteiger partial charge in [-0.25, -0.2) is 0 Å². The summed E-state index contributed by atoms with van der Waals surface area (Å²) in [6, 6.07) is 8.76. The molecule has 0 amide bonds. The maximum Gasteiger partial charge on any atom is 0.00718 e. The second-order valence-electron chi connectivity index (χ2n) is 3.40. The lowest BCUT2D eigenvalue weighted by Crippen LogP contribution is -2.14. The minimum atomic E-state index is 1.12. The molecule has 13 heavy (non-hydrogen) atoms. The summed E-state index contributed by atoms with van der Waals surface area (Å²) in [6.45, 7) is 1.12. The molecule has 0 atom stereocenters. The number of likely N-dealkylation sites (N-methyl/N-ethyl adjacent to an activating group) is 1. The van der Waals surface area contributed by atoms with E-state index in [1.807, 2.05) is 0 Å². The molecule has 0 heterocycles. The Labute approximate surface area is 85.1 Å². The van der Waals surface area contributed by atoms with Crippen molar-refractivity contribution in [3.05, 3.63) is 29.8 Å². The van der Waals surface area contributed by atoms with Gasteiger partial charge in [0.2, 0.25) is 0 Å². The highest BCUT2D eigenvalue weighted by atomic mass is 32.2. The van der Waals surface area contributed by atoms with Crippen molar-refractivity contribution in [3.8, 4) is 0 Å². The van der Waals surface area contributed by atoms with Crippen LogP contribution in [-0.2, 0) is 6.42 Å². The van der Waals surface area contributed by atoms with E-state index in [4.69, 9.17) is 0 Å². The Kier molecular flexibility index (Phi) is 4.33. The molecule has 0 aliphatic rings. The number of benzene rings is 1. The fraction of sp³-hybridized carbons (Fsp3) is 0.455. The highest BCUT2D eigenvalue weighted by molar-refractivity contribution is 7.98. The molecule has 1 aromatic rings. The quantitative estimate of drug-likeness (QED) is 0.679. The number of hydrogen-bond acceptors (Lipinski definition) is 2. The van der Waals surface area contributed by atoms with Crippen molar-refractivity contribution in [2.24, 2.45) is 0 Å². The molecule has 0 spiro atoms. The van der Waals surface area contributed by atoms with E-state index in [0.717, 1.165) is 13.0 Å². The lowest BCUT2D eigenvalue weighted by molar-refractivity contribution is 0.413. The Morgan fingerprint density at radius 3 is 2.69 bits per heavy atom. The first-order valence-electron chi connectivity index (χ1n) is 4.50. The zero-order valence-corrected chi connectivity index (χ0v) is 9.40. The number of thioether (sulfide) groups is 1. The van der Waals surface area contributed by atoms with Gasteiger partial charge in [-0.15, -0.1) is 11.8 Å². The summed E-state index contributed by atoms with van der Waals surface area (Å²) >= 11 is 1.80. The molecule has 0 bridgehead atoms. The summed E-state index contributed by atoms with van der Waals surface area (Å²) in [5, 5.41) is 0. The third kappa shape index (κ3) is 3.83. The van der Waals surface area contributed by atoms with Crippen LogP contribution in [0, 0.1) is 0 Å². The van der Waals surface area contributed by atoms with E-state index in [0.29, 0.717) is 0 Å². The van der Waals surface area contributed by atoms with Gasteiger partial charge in [0.15, 0.2) is 0 Å². The summed E-state index contributed by atoms with van der Waals surface area (Å²) in [7, 11) is 4.22. The SMILES string of the molecule is CSc1cccc(CCN(C)C)c1. The first kappa shape index (κ1) is 10.6. The van der Waals surface area contributed by atoms with Gasteiger partial charge in [-0.2, -0.15) is 0 Å². The van der Waals surface area contributed by atoms with E-state index in [2.05, 4.69) is 49.5 Å². The summed E-state index contributed by atoms with van der Waals surface area (Å²) in [5.41, 5.74) is 1.43. The molecule has 0 saturated carbocycles. The predicted molar refractivity (Wildman–Crippen MR) is 60.5 cm³/mol. The zero-order chi connectivity index (χ0) is 9.68. The molecular formula is C11H17NS. The van der Waals surface area contributed by atoms with Gasteiger partial charge in [0.05, 0.1) is 0 Å². The molecule has 1 rings (SSSR count). The zero-order valence-electron chi connectivity index (χ0n) is 8.58. The molecule has 0 radical (unpaired) electrons. The van der Waals surface area contributed by atoms with Crippen LogP contribution < -0.4 is 0 Å². The van der Waals surface area contributed by atoms with Gasteiger partial charge in [-0.05, 0) is 44.5 Å². The number of rotatable bonds is 4. The van der Waals surface area contributed by atoms with Crippen LogP contribution in [0.1, 0.15) is 5.56 Å². The summed E-state index contributed by atoms with van der Waals surface area (Å²) < 4.78 is 0. The van der Waals surface area contributed by atoms with Crippen molar-refractivity contribution in [1.82, 2.24) is 4.90 Å². The van der Waals surface area contributed by atoms with Gasteiger partial charge < -0.3 is 4.90 Å². The molecule has 0 unspecified atom stereocenters. The molecular weight excluding hydrogens is 178 g/mol. The minimum Gasteiger partial charge on any atom is -0.309 e. The Balaban J connectivity index is 2.56. The Morgan fingerprint density at radius 1 is 1.31 bits per heavy atom. The molecule has 0 aromatic heterocycles. The molecule has 0 saturated heterocycles. The highest BCUT2D eigenvalue weighted by Crippen LogP contribution is 2.15. The second-order valence-corrected chi connectivity index (χ2v) is 4.28. The highest BCUT2D eigenvalue weighted by Gasteiger charge is 1.95. The van der Waals surface area contributed by atoms with Crippen LogP contribution in [0.3, 0.4) is 0 Å². The molecule has 0 aliphatic heterocycles. The topological polar surface area (TPSA) is 3.24 Å². The average Bonchev–Trinajstić information content (AvgIpc) is 2.15. The lowest BCUT2D eigenvalue weighted by Gasteiger charge is -2.09. The van der Waals surface area contributed by atoms with Crippen LogP contribution in [0.25, 0.3) is 0 Å². The maximum atomic E-state index is 2.27. The number of hydrogen-bond donors (Lipinski definition) is 0. The molecule has 1 aromatic carbocycles. The molecule has 72 valence electrons. The monoisotopic (exact) mass is 195 g/mol. The third-order valence-electron chi connectivity index (χ3n) is 1.98. The van der Waals surface area contributed by atoms with Crippen molar-refractivity contribution >= 4 is 11.8 Å². The van der Waals surface area contributed by atoms with Gasteiger partial charge >= 0.3 is 0 Å². The van der Waals surface area contributed by atoms with E-state index in [-0.39, 0.29) is 0 Å². The van der Waals surface area contributed by atoms with Crippen molar-refractivity contribution in [2.45, 2.75) is 11.3 Å². The standard InChI is InChI=1S/C11H17NS/c1-12(2)8-7-10-5-4-6-11(9-10)13-3/h4-6,9H,7-8H2,1-3H3. The second kappa shape index (κ2) is 5.30. The normalized spacial score (nSPS) is 10.8. The van der Waals surface area contributed by atoms with Crippen molar-refractivity contribution in [3.63, 3.8) is 0 Å². The fourth-order valence-corrected chi connectivity index (χ4v) is 1.66. The van der Waals surface area contributed by atoms with Crippen LogP contribution >= 0.6 is 11.8 Å². The summed E-state index contributed by atoms with van der Waals surface area (Å²) in [4.78, 5) is 3.57. The van der Waals surface area contributed by atoms with E-state index >= 15 is 0 Å². The van der Waals surface area contributed by atoms with Gasteiger partial charge in [0.25, 0.3) is 0 Å². The molecule has 2 heteroatoms. The van der Waals surface area contributed by atoms with Crippen molar-refractivity contribution < 1.29 is 0 Å². The van der Waals surface area contributed by atoms with Gasteiger partial charge in [0.1, 0.15) is 0 Å². The average molecular weight is 195 g/mol. The van der Waals surface area contributed by atoms with Crippen molar-refractivity contribution in [1.29, 1.82) is 0 Å².